The first-order valence-corrected chi connectivity index (χ1v) is 6.86. The van der Waals surface area contributed by atoms with Crippen molar-refractivity contribution >= 4 is 17.6 Å². The van der Waals surface area contributed by atoms with Crippen molar-refractivity contribution in [3.8, 4) is 0 Å². The number of hydrogen-bond acceptors (Lipinski definition) is 3. The molecule has 1 aromatic carbocycles. The van der Waals surface area contributed by atoms with Crippen molar-refractivity contribution in [1.29, 1.82) is 0 Å². The van der Waals surface area contributed by atoms with Gasteiger partial charge in [0.2, 0.25) is 5.91 Å². The van der Waals surface area contributed by atoms with Gasteiger partial charge < -0.3 is 15.7 Å². The van der Waals surface area contributed by atoms with E-state index in [-0.39, 0.29) is 11.8 Å². The van der Waals surface area contributed by atoms with Crippen molar-refractivity contribution in [2.24, 2.45) is 11.7 Å². The number of fused-ring (bicyclic) bond motifs is 1. The number of para-hydroxylation sites is 1. The molecule has 0 aliphatic carbocycles. The third-order valence-corrected chi connectivity index (χ3v) is 3.77. The van der Waals surface area contributed by atoms with Crippen molar-refractivity contribution < 1.29 is 14.7 Å². The minimum absolute atomic E-state index is 0.0132. The molecule has 2 atom stereocenters. The van der Waals surface area contributed by atoms with E-state index in [9.17, 15) is 14.7 Å². The van der Waals surface area contributed by atoms with Crippen LogP contribution in [0.15, 0.2) is 24.3 Å². The van der Waals surface area contributed by atoms with E-state index in [0.717, 1.165) is 11.3 Å². The standard InChI is InChI=1S/C15H20N2O3/c1-10(9-16)8-14(18)17-7-6-12(15(19)20)11-4-2-3-5-13(11)17/h2-5,10,12H,6-9,16H2,1H3,(H,19,20). The van der Waals surface area contributed by atoms with Gasteiger partial charge in [-0.25, -0.2) is 0 Å². The number of hydrogen-bond donors (Lipinski definition) is 2. The molecule has 0 bridgehead atoms. The van der Waals surface area contributed by atoms with E-state index in [0.29, 0.717) is 25.9 Å². The highest BCUT2D eigenvalue weighted by atomic mass is 16.4. The number of anilines is 1. The van der Waals surface area contributed by atoms with Gasteiger partial charge in [0.1, 0.15) is 0 Å². The van der Waals surface area contributed by atoms with Crippen LogP contribution in [0.1, 0.15) is 31.2 Å². The van der Waals surface area contributed by atoms with E-state index < -0.39 is 11.9 Å². The summed E-state index contributed by atoms with van der Waals surface area (Å²) in [5, 5.41) is 9.27. The number of aliphatic carboxylic acids is 1. The molecule has 20 heavy (non-hydrogen) atoms. The molecule has 1 amide bonds. The maximum absolute atomic E-state index is 12.3. The second-order valence-corrected chi connectivity index (χ2v) is 5.33. The van der Waals surface area contributed by atoms with Gasteiger partial charge in [0.25, 0.3) is 0 Å². The van der Waals surface area contributed by atoms with Gasteiger partial charge in [-0.3, -0.25) is 9.59 Å². The topological polar surface area (TPSA) is 83.6 Å². The lowest BCUT2D eigenvalue weighted by Crippen LogP contribution is -2.39. The number of rotatable bonds is 4. The van der Waals surface area contributed by atoms with Gasteiger partial charge in [-0.2, -0.15) is 0 Å². The summed E-state index contributed by atoms with van der Waals surface area (Å²) < 4.78 is 0. The van der Waals surface area contributed by atoms with E-state index >= 15 is 0 Å². The molecule has 108 valence electrons. The van der Waals surface area contributed by atoms with Crippen LogP contribution in [-0.4, -0.2) is 30.1 Å². The molecular weight excluding hydrogens is 256 g/mol. The molecule has 1 aliphatic rings. The van der Waals surface area contributed by atoms with Crippen LogP contribution >= 0.6 is 0 Å². The maximum Gasteiger partial charge on any atom is 0.311 e. The third kappa shape index (κ3) is 2.82. The van der Waals surface area contributed by atoms with E-state index in [1.165, 1.54) is 0 Å². The van der Waals surface area contributed by atoms with Gasteiger partial charge in [0.05, 0.1) is 5.92 Å². The van der Waals surface area contributed by atoms with Gasteiger partial charge in [-0.05, 0) is 30.5 Å². The zero-order valence-corrected chi connectivity index (χ0v) is 11.6. The highest BCUT2D eigenvalue weighted by Crippen LogP contribution is 2.35. The second kappa shape index (κ2) is 6.05. The van der Waals surface area contributed by atoms with Crippen LogP contribution in [0.3, 0.4) is 0 Å². The fourth-order valence-electron chi connectivity index (χ4n) is 2.57. The first-order valence-electron chi connectivity index (χ1n) is 6.86. The van der Waals surface area contributed by atoms with Crippen molar-refractivity contribution in [1.82, 2.24) is 0 Å². The monoisotopic (exact) mass is 276 g/mol. The van der Waals surface area contributed by atoms with Gasteiger partial charge in [-0.1, -0.05) is 25.1 Å². The number of carboxylic acids is 1. The van der Waals surface area contributed by atoms with E-state index in [4.69, 9.17) is 5.73 Å². The zero-order chi connectivity index (χ0) is 14.7. The quantitative estimate of drug-likeness (QED) is 0.874. The molecule has 0 radical (unpaired) electrons. The van der Waals surface area contributed by atoms with Crippen molar-refractivity contribution in [2.75, 3.05) is 18.0 Å². The SMILES string of the molecule is CC(CN)CC(=O)N1CCC(C(=O)O)c2ccccc21. The Morgan fingerprint density at radius 3 is 2.80 bits per heavy atom. The van der Waals surface area contributed by atoms with Gasteiger partial charge in [0, 0.05) is 18.7 Å². The summed E-state index contributed by atoms with van der Waals surface area (Å²) >= 11 is 0. The Balaban J connectivity index is 2.27. The third-order valence-electron chi connectivity index (χ3n) is 3.77. The summed E-state index contributed by atoms with van der Waals surface area (Å²) in [5.41, 5.74) is 7.00. The molecule has 3 N–H and O–H groups in total. The van der Waals surface area contributed by atoms with Gasteiger partial charge in [-0.15, -0.1) is 0 Å². The summed E-state index contributed by atoms with van der Waals surface area (Å²) in [4.78, 5) is 25.3. The number of carboxylic acid groups (broad SMARTS) is 1. The number of nitrogens with zero attached hydrogens (tertiary/aromatic N) is 1. The maximum atomic E-state index is 12.3. The Labute approximate surface area is 118 Å². The largest absolute Gasteiger partial charge is 0.481 e. The fraction of sp³-hybridized carbons (Fsp3) is 0.467. The molecule has 1 aromatic rings. The average molecular weight is 276 g/mol. The van der Waals surface area contributed by atoms with E-state index in [1.807, 2.05) is 25.1 Å². The Bertz CT molecular complexity index is 516. The van der Waals surface area contributed by atoms with Crippen LogP contribution in [0, 0.1) is 5.92 Å². The lowest BCUT2D eigenvalue weighted by Gasteiger charge is -2.33. The van der Waals surface area contributed by atoms with Gasteiger partial charge in [0.15, 0.2) is 0 Å². The second-order valence-electron chi connectivity index (χ2n) is 5.33. The molecule has 2 rings (SSSR count). The summed E-state index contributed by atoms with van der Waals surface area (Å²) in [6.45, 7) is 2.86. The summed E-state index contributed by atoms with van der Waals surface area (Å²) in [6.07, 6.45) is 0.845. The van der Waals surface area contributed by atoms with E-state index in [1.54, 1.807) is 11.0 Å². The van der Waals surface area contributed by atoms with Crippen LogP contribution in [0.25, 0.3) is 0 Å². The van der Waals surface area contributed by atoms with Crippen molar-refractivity contribution in [3.63, 3.8) is 0 Å². The Morgan fingerprint density at radius 1 is 1.45 bits per heavy atom. The number of carbonyl (C=O) groups excluding carboxylic acids is 1. The van der Waals surface area contributed by atoms with Crippen molar-refractivity contribution in [2.45, 2.75) is 25.7 Å². The fourth-order valence-corrected chi connectivity index (χ4v) is 2.57. The summed E-state index contributed by atoms with van der Waals surface area (Å²) in [6, 6.07) is 7.25. The molecule has 0 spiro atoms. The molecule has 0 fully saturated rings. The van der Waals surface area contributed by atoms with E-state index in [2.05, 4.69) is 0 Å². The molecule has 1 heterocycles. The molecule has 1 aliphatic heterocycles. The van der Waals surface area contributed by atoms with Crippen LogP contribution in [0.2, 0.25) is 0 Å². The summed E-state index contributed by atoms with van der Waals surface area (Å²) in [7, 11) is 0. The number of carbonyl (C=O) groups is 2. The summed E-state index contributed by atoms with van der Waals surface area (Å²) in [5.74, 6) is -1.21. The zero-order valence-electron chi connectivity index (χ0n) is 11.6. The lowest BCUT2D eigenvalue weighted by atomic mass is 9.89. The molecule has 2 unspecified atom stereocenters. The molecular formula is C15H20N2O3. The molecule has 0 saturated heterocycles. The first kappa shape index (κ1) is 14.5. The molecule has 5 nitrogen and oxygen atoms in total. The number of nitrogens with two attached hydrogens (primary N) is 1. The van der Waals surface area contributed by atoms with Crippen LogP contribution < -0.4 is 10.6 Å². The molecule has 0 aromatic heterocycles. The van der Waals surface area contributed by atoms with Crippen molar-refractivity contribution in [3.05, 3.63) is 29.8 Å². The predicted molar refractivity (Wildman–Crippen MR) is 76.6 cm³/mol. The highest BCUT2D eigenvalue weighted by Gasteiger charge is 2.32. The Hall–Kier alpha value is -1.88. The van der Waals surface area contributed by atoms with Crippen LogP contribution in [0.5, 0.6) is 0 Å². The molecule has 0 saturated carbocycles. The minimum atomic E-state index is -0.833. The van der Waals surface area contributed by atoms with Crippen LogP contribution in [0.4, 0.5) is 5.69 Å². The lowest BCUT2D eigenvalue weighted by molar-refractivity contribution is -0.139. The highest BCUT2D eigenvalue weighted by molar-refractivity contribution is 5.96. The smallest absolute Gasteiger partial charge is 0.311 e. The minimum Gasteiger partial charge on any atom is -0.481 e. The average Bonchev–Trinajstić information content (AvgIpc) is 2.45. The van der Waals surface area contributed by atoms with Crippen LogP contribution in [-0.2, 0) is 9.59 Å². The van der Waals surface area contributed by atoms with Gasteiger partial charge >= 0.3 is 5.97 Å². The molecule has 5 heteroatoms. The Kier molecular flexibility index (Phi) is 4.39. The number of amides is 1. The Morgan fingerprint density at radius 2 is 2.15 bits per heavy atom. The predicted octanol–water partition coefficient (Wildman–Crippen LogP) is 1.58. The number of benzene rings is 1. The normalized spacial score (nSPS) is 19.3. The first-order chi connectivity index (χ1) is 9.54.